The summed E-state index contributed by atoms with van der Waals surface area (Å²) in [4.78, 5) is 22.1. The zero-order chi connectivity index (χ0) is 15.0. The van der Waals surface area contributed by atoms with Crippen molar-refractivity contribution in [2.24, 2.45) is 5.73 Å². The van der Waals surface area contributed by atoms with Crippen LogP contribution in [0.4, 0.5) is 4.79 Å². The summed E-state index contributed by atoms with van der Waals surface area (Å²) in [6.07, 6.45) is 3.59. The van der Waals surface area contributed by atoms with Gasteiger partial charge >= 0.3 is 6.09 Å². The number of nitrogens with zero attached hydrogens (tertiary/aromatic N) is 3. The molecule has 20 heavy (non-hydrogen) atoms. The summed E-state index contributed by atoms with van der Waals surface area (Å²) in [5.41, 5.74) is 5.11. The number of hydrogen-bond donors (Lipinski definition) is 1. The second kappa shape index (κ2) is 5.29. The lowest BCUT2D eigenvalue weighted by Crippen LogP contribution is -2.43. The van der Waals surface area contributed by atoms with Gasteiger partial charge in [0.15, 0.2) is 0 Å². The van der Waals surface area contributed by atoms with Crippen molar-refractivity contribution in [2.75, 3.05) is 13.1 Å². The molecule has 2 rings (SSSR count). The van der Waals surface area contributed by atoms with E-state index < -0.39 is 11.1 Å². The van der Waals surface area contributed by atoms with Gasteiger partial charge in [-0.25, -0.2) is 14.8 Å². The second-order valence-corrected chi connectivity index (χ2v) is 6.95. The van der Waals surface area contributed by atoms with Crippen LogP contribution in [0.25, 0.3) is 0 Å². The summed E-state index contributed by atoms with van der Waals surface area (Å²) in [6.45, 7) is 6.44. The number of aromatic nitrogens is 2. The van der Waals surface area contributed by atoms with Crippen molar-refractivity contribution in [2.45, 2.75) is 38.3 Å². The van der Waals surface area contributed by atoms with E-state index in [4.69, 9.17) is 10.5 Å². The Hall–Kier alpha value is -1.21. The van der Waals surface area contributed by atoms with Gasteiger partial charge in [0.1, 0.15) is 11.4 Å². The Morgan fingerprint density at radius 2 is 2.05 bits per heavy atom. The van der Waals surface area contributed by atoms with Crippen LogP contribution >= 0.6 is 15.9 Å². The van der Waals surface area contributed by atoms with Gasteiger partial charge in [0.25, 0.3) is 0 Å². The fourth-order valence-electron chi connectivity index (χ4n) is 2.07. The molecule has 0 aliphatic carbocycles. The molecule has 7 heteroatoms. The van der Waals surface area contributed by atoms with Crippen molar-refractivity contribution in [3.05, 3.63) is 22.7 Å². The van der Waals surface area contributed by atoms with Crippen molar-refractivity contribution in [3.63, 3.8) is 0 Å². The van der Waals surface area contributed by atoms with E-state index in [9.17, 15) is 4.79 Å². The number of rotatable bonds is 1. The first-order chi connectivity index (χ1) is 9.20. The predicted octanol–water partition coefficient (Wildman–Crippen LogP) is 2.03. The molecule has 1 unspecified atom stereocenters. The van der Waals surface area contributed by atoms with E-state index in [0.29, 0.717) is 25.3 Å². The Morgan fingerprint density at radius 3 is 2.60 bits per heavy atom. The molecule has 0 aromatic carbocycles. The highest BCUT2D eigenvalue weighted by molar-refractivity contribution is 9.10. The summed E-state index contributed by atoms with van der Waals surface area (Å²) in [7, 11) is 0. The molecule has 0 spiro atoms. The van der Waals surface area contributed by atoms with Gasteiger partial charge in [-0.05, 0) is 43.1 Å². The van der Waals surface area contributed by atoms with E-state index in [0.717, 1.165) is 4.47 Å². The topological polar surface area (TPSA) is 81.3 Å². The van der Waals surface area contributed by atoms with Crippen LogP contribution < -0.4 is 5.73 Å². The first-order valence-electron chi connectivity index (χ1n) is 6.44. The third-order valence-corrected chi connectivity index (χ3v) is 3.43. The largest absolute Gasteiger partial charge is 0.444 e. The first kappa shape index (κ1) is 15.2. The van der Waals surface area contributed by atoms with Crippen molar-refractivity contribution in [3.8, 4) is 0 Å². The van der Waals surface area contributed by atoms with E-state index in [2.05, 4.69) is 25.9 Å². The highest BCUT2D eigenvalue weighted by Gasteiger charge is 2.41. The second-order valence-electron chi connectivity index (χ2n) is 6.03. The number of amides is 1. The number of carbonyl (C=O) groups is 1. The molecule has 1 aliphatic heterocycles. The average molecular weight is 343 g/mol. The summed E-state index contributed by atoms with van der Waals surface area (Å²) in [5, 5.41) is 0. The molecule has 1 saturated heterocycles. The fraction of sp³-hybridized carbons (Fsp3) is 0.615. The van der Waals surface area contributed by atoms with Gasteiger partial charge in [-0.2, -0.15) is 0 Å². The molecule has 1 aromatic rings. The Balaban J connectivity index is 2.07. The number of likely N-dealkylation sites (tertiary alicyclic amines) is 1. The SMILES string of the molecule is CC(C)(C)OC(=O)N1CCC(N)(c2ncc(Br)cn2)C1. The van der Waals surface area contributed by atoms with Crippen molar-refractivity contribution in [1.82, 2.24) is 14.9 Å². The lowest BCUT2D eigenvalue weighted by atomic mass is 9.99. The number of nitrogens with two attached hydrogens (primary N) is 1. The molecule has 0 bridgehead atoms. The highest BCUT2D eigenvalue weighted by atomic mass is 79.9. The van der Waals surface area contributed by atoms with Crippen molar-refractivity contribution in [1.29, 1.82) is 0 Å². The van der Waals surface area contributed by atoms with Crippen LogP contribution in [0.1, 0.15) is 33.0 Å². The third-order valence-electron chi connectivity index (χ3n) is 3.02. The monoisotopic (exact) mass is 342 g/mol. The minimum Gasteiger partial charge on any atom is -0.444 e. The molecule has 1 aromatic heterocycles. The van der Waals surface area contributed by atoms with Gasteiger partial charge in [0.2, 0.25) is 0 Å². The van der Waals surface area contributed by atoms with Crippen LogP contribution in [-0.2, 0) is 10.3 Å². The molecule has 6 nitrogen and oxygen atoms in total. The zero-order valence-electron chi connectivity index (χ0n) is 11.9. The lowest BCUT2D eigenvalue weighted by Gasteiger charge is -2.26. The van der Waals surface area contributed by atoms with Gasteiger partial charge in [-0.3, -0.25) is 0 Å². The number of carbonyl (C=O) groups excluding carboxylic acids is 1. The lowest BCUT2D eigenvalue weighted by molar-refractivity contribution is 0.0283. The standard InChI is InChI=1S/C13H19BrN4O2/c1-12(2,3)20-11(19)18-5-4-13(15,8-18)10-16-6-9(14)7-17-10/h6-7H,4-5,8,15H2,1-3H3. The molecule has 1 atom stereocenters. The van der Waals surface area contributed by atoms with E-state index >= 15 is 0 Å². The minimum atomic E-state index is -0.711. The molecular formula is C13H19BrN4O2. The molecule has 0 radical (unpaired) electrons. The molecule has 110 valence electrons. The summed E-state index contributed by atoms with van der Waals surface area (Å²) in [6, 6.07) is 0. The van der Waals surface area contributed by atoms with Crippen LogP contribution in [0, 0.1) is 0 Å². The van der Waals surface area contributed by atoms with E-state index in [-0.39, 0.29) is 6.09 Å². The maximum absolute atomic E-state index is 12.0. The highest BCUT2D eigenvalue weighted by Crippen LogP contribution is 2.28. The number of hydrogen-bond acceptors (Lipinski definition) is 5. The van der Waals surface area contributed by atoms with Crippen molar-refractivity contribution < 1.29 is 9.53 Å². The summed E-state index contributed by atoms with van der Waals surface area (Å²) in [5.74, 6) is 0.548. The fourth-order valence-corrected chi connectivity index (χ4v) is 2.27. The van der Waals surface area contributed by atoms with E-state index in [1.165, 1.54) is 0 Å². The molecule has 1 amide bonds. The van der Waals surface area contributed by atoms with Crippen LogP contribution in [0.5, 0.6) is 0 Å². The van der Waals surface area contributed by atoms with Crippen LogP contribution in [0.2, 0.25) is 0 Å². The Morgan fingerprint density at radius 1 is 1.45 bits per heavy atom. The molecular weight excluding hydrogens is 324 g/mol. The van der Waals surface area contributed by atoms with Gasteiger partial charge in [0.05, 0.1) is 10.0 Å². The van der Waals surface area contributed by atoms with E-state index in [1.807, 2.05) is 20.8 Å². The van der Waals surface area contributed by atoms with Gasteiger partial charge < -0.3 is 15.4 Å². The maximum atomic E-state index is 12.0. The van der Waals surface area contributed by atoms with E-state index in [1.54, 1.807) is 17.3 Å². The number of ether oxygens (including phenoxy) is 1. The molecule has 2 N–H and O–H groups in total. The van der Waals surface area contributed by atoms with Crippen LogP contribution in [0.15, 0.2) is 16.9 Å². The first-order valence-corrected chi connectivity index (χ1v) is 7.24. The normalized spacial score (nSPS) is 22.9. The number of halogens is 1. The molecule has 1 aliphatic rings. The average Bonchev–Trinajstić information content (AvgIpc) is 2.72. The third kappa shape index (κ3) is 3.46. The van der Waals surface area contributed by atoms with Gasteiger partial charge in [-0.15, -0.1) is 0 Å². The molecule has 0 saturated carbocycles. The molecule has 1 fully saturated rings. The maximum Gasteiger partial charge on any atom is 0.410 e. The van der Waals surface area contributed by atoms with Crippen molar-refractivity contribution >= 4 is 22.0 Å². The van der Waals surface area contributed by atoms with Crippen LogP contribution in [0.3, 0.4) is 0 Å². The predicted molar refractivity (Wildman–Crippen MR) is 78.0 cm³/mol. The Kier molecular flexibility index (Phi) is 4.02. The Bertz CT molecular complexity index is 500. The summed E-state index contributed by atoms with van der Waals surface area (Å²) >= 11 is 3.29. The minimum absolute atomic E-state index is 0.345. The smallest absolute Gasteiger partial charge is 0.410 e. The van der Waals surface area contributed by atoms with Gasteiger partial charge in [-0.1, -0.05) is 0 Å². The summed E-state index contributed by atoms with van der Waals surface area (Å²) < 4.78 is 6.15. The van der Waals surface area contributed by atoms with Crippen LogP contribution in [-0.4, -0.2) is 39.7 Å². The van der Waals surface area contributed by atoms with Gasteiger partial charge in [0, 0.05) is 25.5 Å². The Labute approximate surface area is 126 Å². The molecule has 2 heterocycles. The zero-order valence-corrected chi connectivity index (χ0v) is 13.5. The quantitative estimate of drug-likeness (QED) is 0.844.